The van der Waals surface area contributed by atoms with E-state index in [2.05, 4.69) is 43.5 Å². The molecule has 0 aliphatic heterocycles. The molecular formula is C44H85NO5. The fraction of sp³-hybridized carbons (Fsp3) is 0.886. The van der Waals surface area contributed by atoms with Gasteiger partial charge in [-0.1, -0.05) is 199 Å². The van der Waals surface area contributed by atoms with Gasteiger partial charge in [-0.15, -0.1) is 0 Å². The number of hydrogen-bond donors (Lipinski definition) is 5. The van der Waals surface area contributed by atoms with Crippen molar-refractivity contribution in [3.63, 3.8) is 0 Å². The molecule has 0 aromatic rings. The number of amides is 1. The molecule has 50 heavy (non-hydrogen) atoms. The van der Waals surface area contributed by atoms with Gasteiger partial charge in [0.05, 0.1) is 18.8 Å². The first-order valence-corrected chi connectivity index (χ1v) is 21.7. The van der Waals surface area contributed by atoms with Crippen molar-refractivity contribution < 1.29 is 25.2 Å². The summed E-state index contributed by atoms with van der Waals surface area (Å²) < 4.78 is 0. The zero-order valence-corrected chi connectivity index (χ0v) is 33.2. The van der Waals surface area contributed by atoms with Crippen LogP contribution in [0.4, 0.5) is 0 Å². The van der Waals surface area contributed by atoms with Crippen LogP contribution < -0.4 is 5.32 Å². The summed E-state index contributed by atoms with van der Waals surface area (Å²) in [6.07, 6.45) is 43.5. The van der Waals surface area contributed by atoms with Crippen molar-refractivity contribution in [2.75, 3.05) is 6.61 Å². The van der Waals surface area contributed by atoms with Crippen LogP contribution in [0.15, 0.2) is 24.3 Å². The van der Waals surface area contributed by atoms with Crippen molar-refractivity contribution in [1.82, 2.24) is 5.32 Å². The van der Waals surface area contributed by atoms with Crippen molar-refractivity contribution in [2.45, 2.75) is 244 Å². The quantitative estimate of drug-likeness (QED) is 0.0323. The molecule has 1 amide bonds. The van der Waals surface area contributed by atoms with Crippen LogP contribution >= 0.6 is 0 Å². The zero-order chi connectivity index (χ0) is 36.8. The molecule has 0 bridgehead atoms. The van der Waals surface area contributed by atoms with E-state index < -0.39 is 36.9 Å². The van der Waals surface area contributed by atoms with E-state index in [4.69, 9.17) is 0 Å². The summed E-state index contributed by atoms with van der Waals surface area (Å²) in [6, 6.07) is -0.987. The predicted octanol–water partition coefficient (Wildman–Crippen LogP) is 11.2. The molecule has 0 aliphatic rings. The van der Waals surface area contributed by atoms with E-state index in [9.17, 15) is 25.2 Å². The normalized spacial score (nSPS) is 14.4. The standard InChI is InChI=1S/C44H85NO5/c1-3-5-7-9-11-13-15-17-18-19-20-21-22-23-24-25-26-28-30-32-34-36-38-42(48)44(50)45-40(39-46)43(49)41(47)37-35-33-31-29-27-16-14-12-10-8-6-4-2/h20-21,23-24,40-43,46-49H,3-19,22,25-39H2,1-2H3,(H,45,50)/b21-20-,24-23-. The van der Waals surface area contributed by atoms with Gasteiger partial charge in [-0.2, -0.15) is 0 Å². The lowest BCUT2D eigenvalue weighted by molar-refractivity contribution is -0.132. The predicted molar refractivity (Wildman–Crippen MR) is 214 cm³/mol. The Kier molecular flexibility index (Phi) is 38.1. The van der Waals surface area contributed by atoms with Gasteiger partial charge in [0.2, 0.25) is 5.91 Å². The Morgan fingerprint density at radius 3 is 1.26 bits per heavy atom. The third-order valence-electron chi connectivity index (χ3n) is 10.2. The topological polar surface area (TPSA) is 110 Å². The first kappa shape index (κ1) is 48.8. The highest BCUT2D eigenvalue weighted by molar-refractivity contribution is 5.80. The molecule has 0 rings (SSSR count). The third kappa shape index (κ3) is 32.7. The Morgan fingerprint density at radius 2 is 0.860 bits per heavy atom. The molecule has 6 nitrogen and oxygen atoms in total. The number of aliphatic hydroxyl groups is 4. The summed E-state index contributed by atoms with van der Waals surface area (Å²) in [5.41, 5.74) is 0. The molecule has 0 aromatic heterocycles. The number of rotatable bonds is 39. The van der Waals surface area contributed by atoms with Crippen LogP contribution in [-0.4, -0.2) is 57.3 Å². The van der Waals surface area contributed by atoms with Crippen molar-refractivity contribution in [3.8, 4) is 0 Å². The number of aliphatic hydroxyl groups excluding tert-OH is 4. The molecule has 0 fully saturated rings. The van der Waals surface area contributed by atoms with Gasteiger partial charge in [0.1, 0.15) is 12.2 Å². The SMILES string of the molecule is CCCCCCCCCCC/C=C\C/C=C\CCCCCCCCC(O)C(=O)NC(CO)C(O)C(O)CCCCCCCCCCCCCC. The second-order valence-corrected chi connectivity index (χ2v) is 15.0. The summed E-state index contributed by atoms with van der Waals surface area (Å²) in [4.78, 5) is 12.5. The number of nitrogens with one attached hydrogen (secondary N) is 1. The first-order chi connectivity index (χ1) is 24.5. The second-order valence-electron chi connectivity index (χ2n) is 15.0. The second kappa shape index (κ2) is 39.0. The zero-order valence-electron chi connectivity index (χ0n) is 33.2. The number of hydrogen-bond acceptors (Lipinski definition) is 5. The molecular weight excluding hydrogens is 622 g/mol. The monoisotopic (exact) mass is 708 g/mol. The molecule has 0 saturated carbocycles. The van der Waals surface area contributed by atoms with E-state index in [0.29, 0.717) is 12.8 Å². The first-order valence-electron chi connectivity index (χ1n) is 21.7. The van der Waals surface area contributed by atoms with Crippen molar-refractivity contribution >= 4 is 5.91 Å². The van der Waals surface area contributed by atoms with Crippen molar-refractivity contribution in [1.29, 1.82) is 0 Å². The summed E-state index contributed by atoms with van der Waals surface area (Å²) >= 11 is 0. The van der Waals surface area contributed by atoms with Gasteiger partial charge in [-0.25, -0.2) is 0 Å². The molecule has 4 unspecified atom stereocenters. The van der Waals surface area contributed by atoms with Crippen LogP contribution in [-0.2, 0) is 4.79 Å². The highest BCUT2D eigenvalue weighted by atomic mass is 16.3. The maximum absolute atomic E-state index is 12.5. The van der Waals surface area contributed by atoms with Crippen LogP contribution in [0, 0.1) is 0 Å². The van der Waals surface area contributed by atoms with Gasteiger partial charge < -0.3 is 25.7 Å². The maximum atomic E-state index is 12.5. The summed E-state index contributed by atoms with van der Waals surface area (Å²) in [5.74, 6) is -0.592. The van der Waals surface area contributed by atoms with Crippen molar-refractivity contribution in [3.05, 3.63) is 24.3 Å². The Morgan fingerprint density at radius 1 is 0.500 bits per heavy atom. The van der Waals surface area contributed by atoms with Gasteiger partial charge in [0.25, 0.3) is 0 Å². The third-order valence-corrected chi connectivity index (χ3v) is 10.2. The van der Waals surface area contributed by atoms with E-state index in [0.717, 1.165) is 57.8 Å². The van der Waals surface area contributed by atoms with Crippen LogP contribution in [0.25, 0.3) is 0 Å². The summed E-state index contributed by atoms with van der Waals surface area (Å²) in [7, 11) is 0. The lowest BCUT2D eigenvalue weighted by Crippen LogP contribution is -2.53. The highest BCUT2D eigenvalue weighted by Crippen LogP contribution is 2.16. The van der Waals surface area contributed by atoms with Gasteiger partial charge in [-0.05, 0) is 44.9 Å². The fourth-order valence-corrected chi connectivity index (χ4v) is 6.67. The van der Waals surface area contributed by atoms with Crippen LogP contribution in [0.5, 0.6) is 0 Å². The average Bonchev–Trinajstić information content (AvgIpc) is 3.12. The Balaban J connectivity index is 3.75. The lowest BCUT2D eigenvalue weighted by Gasteiger charge is -2.27. The molecule has 0 heterocycles. The van der Waals surface area contributed by atoms with E-state index in [1.807, 2.05) is 0 Å². The van der Waals surface area contributed by atoms with Crippen LogP contribution in [0.2, 0.25) is 0 Å². The molecule has 0 saturated heterocycles. The molecule has 4 atom stereocenters. The van der Waals surface area contributed by atoms with Crippen molar-refractivity contribution in [2.24, 2.45) is 0 Å². The van der Waals surface area contributed by atoms with E-state index in [1.54, 1.807) is 0 Å². The van der Waals surface area contributed by atoms with Crippen LogP contribution in [0.3, 0.4) is 0 Å². The molecule has 296 valence electrons. The van der Waals surface area contributed by atoms with Gasteiger partial charge in [-0.3, -0.25) is 4.79 Å². The van der Waals surface area contributed by atoms with Crippen LogP contribution in [0.1, 0.15) is 219 Å². The largest absolute Gasteiger partial charge is 0.394 e. The Labute approximate surface area is 310 Å². The number of carbonyl (C=O) groups excluding carboxylic acids is 1. The molecule has 0 aromatic carbocycles. The molecule has 0 aliphatic carbocycles. The smallest absolute Gasteiger partial charge is 0.249 e. The molecule has 5 N–H and O–H groups in total. The van der Waals surface area contributed by atoms with Gasteiger partial charge in [0, 0.05) is 0 Å². The average molecular weight is 708 g/mol. The Hall–Kier alpha value is -1.21. The maximum Gasteiger partial charge on any atom is 0.249 e. The van der Waals surface area contributed by atoms with Gasteiger partial charge in [0.15, 0.2) is 0 Å². The summed E-state index contributed by atoms with van der Waals surface area (Å²) in [6.45, 7) is 4.04. The van der Waals surface area contributed by atoms with Gasteiger partial charge >= 0.3 is 0 Å². The molecule has 0 spiro atoms. The minimum atomic E-state index is -1.26. The summed E-state index contributed by atoms with van der Waals surface area (Å²) in [5, 5.41) is 43.6. The number of carbonyl (C=O) groups is 1. The van der Waals surface area contributed by atoms with E-state index >= 15 is 0 Å². The number of allylic oxidation sites excluding steroid dienone is 4. The Bertz CT molecular complexity index is 757. The molecule has 0 radical (unpaired) electrons. The fourth-order valence-electron chi connectivity index (χ4n) is 6.67. The van der Waals surface area contributed by atoms with E-state index in [1.165, 1.54) is 135 Å². The minimum absolute atomic E-state index is 0.358. The molecule has 6 heteroatoms. The van der Waals surface area contributed by atoms with E-state index in [-0.39, 0.29) is 0 Å². The highest BCUT2D eigenvalue weighted by Gasteiger charge is 2.28. The lowest BCUT2D eigenvalue weighted by atomic mass is 9.99. The number of unbranched alkanes of at least 4 members (excludes halogenated alkanes) is 26. The minimum Gasteiger partial charge on any atom is -0.394 e.